The van der Waals surface area contributed by atoms with Crippen LogP contribution in [0, 0.1) is 29.6 Å². The zero-order valence-electron chi connectivity index (χ0n) is 64.0. The minimum Gasteiger partial charge on any atom is -1.00 e. The molecule has 31 nitrogen and oxygen atoms in total. The number of benzene rings is 7. The van der Waals surface area contributed by atoms with E-state index in [1.807, 2.05) is 60.7 Å². The van der Waals surface area contributed by atoms with Gasteiger partial charge in [-0.3, -0.25) is 19.2 Å². The van der Waals surface area contributed by atoms with Gasteiger partial charge in [-0.2, -0.15) is 25.3 Å². The summed E-state index contributed by atoms with van der Waals surface area (Å²) in [5.74, 6) is 0.569. The molecule has 5 saturated carbocycles. The number of aliphatic hydroxyl groups is 1. The molecule has 5 fully saturated rings. The van der Waals surface area contributed by atoms with E-state index in [-0.39, 0.29) is 202 Å². The largest absolute Gasteiger partial charge is 1.00 e. The number of halogens is 1. The molecule has 0 amide bonds. The molecular formula is C79H95BrK2O31S3. The molecule has 37 heteroatoms. The molecule has 0 saturated heterocycles. The van der Waals surface area contributed by atoms with Crippen LogP contribution in [0.5, 0.6) is 57.5 Å². The summed E-state index contributed by atoms with van der Waals surface area (Å²) in [5, 5.41) is 53.9. The van der Waals surface area contributed by atoms with Gasteiger partial charge in [0.15, 0.2) is 64.1 Å². The van der Waals surface area contributed by atoms with E-state index < -0.39 is 67.4 Å². The fraction of sp³-hybridized carbons (Fsp3) is 0.367. The van der Waals surface area contributed by atoms with Crippen molar-refractivity contribution in [3.05, 3.63) is 191 Å². The quantitative estimate of drug-likeness (QED) is 0.00421. The van der Waals surface area contributed by atoms with Gasteiger partial charge in [0.25, 0.3) is 6.47 Å². The van der Waals surface area contributed by atoms with Crippen molar-refractivity contribution < 1.29 is 249 Å². The van der Waals surface area contributed by atoms with Crippen LogP contribution in [0.3, 0.4) is 0 Å². The minimum atomic E-state index is -3.76. The number of carbonyl (C=O) groups is 8. The van der Waals surface area contributed by atoms with E-state index in [2.05, 4.69) is 25.6 Å². The number of aromatic carboxylic acids is 1. The van der Waals surface area contributed by atoms with Crippen LogP contribution in [-0.4, -0.2) is 164 Å². The third-order valence-corrected chi connectivity index (χ3v) is 17.4. The molecule has 116 heavy (non-hydrogen) atoms. The summed E-state index contributed by atoms with van der Waals surface area (Å²) in [6, 6.07) is 39.1. The average molecular weight is 1790 g/mol. The Kier molecular flexibility index (Phi) is 51.4. The third kappa shape index (κ3) is 47.7. The molecule has 7 aromatic carbocycles. The molecule has 624 valence electrons. The van der Waals surface area contributed by atoms with Crippen molar-refractivity contribution in [3.8, 4) is 57.5 Å². The van der Waals surface area contributed by atoms with E-state index in [1.54, 1.807) is 12.1 Å². The Labute approximate surface area is 769 Å². The van der Waals surface area contributed by atoms with Crippen molar-refractivity contribution in [1.29, 1.82) is 0 Å². The zero-order chi connectivity index (χ0) is 82.2. The van der Waals surface area contributed by atoms with Crippen molar-refractivity contribution in [2.75, 3.05) is 63.7 Å². The average Bonchev–Trinajstić information content (AvgIpc) is 1.85. The van der Waals surface area contributed by atoms with Crippen LogP contribution in [0.25, 0.3) is 0 Å². The molecule has 0 radical (unpaired) electrons. The first-order chi connectivity index (χ1) is 53.3. The van der Waals surface area contributed by atoms with Crippen molar-refractivity contribution in [1.82, 2.24) is 0 Å². The number of aliphatic hydroxyl groups excluding tert-OH is 1. The Morgan fingerprint density at radius 2 is 0.776 bits per heavy atom. The predicted molar refractivity (Wildman–Crippen MR) is 418 cm³/mol. The van der Waals surface area contributed by atoms with Crippen LogP contribution in [0.1, 0.15) is 143 Å². The molecule has 0 spiro atoms. The molecule has 7 aromatic rings. The predicted octanol–water partition coefficient (Wildman–Crippen LogP) is 5.10. The molecule has 0 aliphatic heterocycles. The first-order valence-corrected chi connectivity index (χ1v) is 40.9. The van der Waals surface area contributed by atoms with Crippen LogP contribution in [0.15, 0.2) is 152 Å². The van der Waals surface area contributed by atoms with E-state index in [0.29, 0.717) is 85.1 Å². The molecule has 0 aromatic heterocycles. The second-order valence-electron chi connectivity index (χ2n) is 25.4. The Bertz CT molecular complexity index is 4570. The summed E-state index contributed by atoms with van der Waals surface area (Å²) < 4.78 is 119. The Balaban J connectivity index is 0.00000138. The molecule has 0 heterocycles. The monoisotopic (exact) mass is 1790 g/mol. The van der Waals surface area contributed by atoms with E-state index in [4.69, 9.17) is 71.4 Å². The number of aldehydes is 3. The molecule has 0 atom stereocenters. The van der Waals surface area contributed by atoms with Crippen molar-refractivity contribution in [3.63, 3.8) is 0 Å². The van der Waals surface area contributed by atoms with Crippen LogP contribution in [0.2, 0.25) is 0 Å². The van der Waals surface area contributed by atoms with E-state index in [0.717, 1.165) is 80.6 Å². The standard InChI is InChI=1S/C21H22O8S.C12H14O6S.C12H14O5S.C11H12O3.C9H10O3.C7H6O3.C4H7Br.CH2O3.2CH4.2K.H/c1-30(24,25)29-18-10-9-17(11-19(18)26-12-16-7-8-16)21(23)28-14-20(22)27-13-15-5-3-2-4-6-15;1-19(15,16)18-10-5-4-9(12(13)14)6-11(10)17-7-8-2-3-8;1-18(14,15)17-11-5-4-10(7-13)6-12(11)16-8-9-2-3-9;12-6-9-3-4-10(13)11(5-9)14-7-8-1-2-8;10-6-9(11)12-7-8-4-2-1-3-5-8;8-4-5-1-2-6(9)7(10)3-5;5-3-4-1-2-4;2-1-4-3;;;;;/h2-6,9-11,16H,7-8,12-14H2,1H3;4-6,8H,2-3,7H2,1H3,(H,13,14);4-7,9H,2-3,8H2,1H3;3-6,8,13H,1-2,7H2;1-5,10H,6-7H2;1-4,9-10H;4H,1-3H2;1,3H;2*1H4;;;/q;;;;;;;;;;2*+1;-1/p-1. The van der Waals surface area contributed by atoms with Gasteiger partial charge in [0.05, 0.1) is 56.3 Å². The topological polar surface area (TPSA) is 465 Å². The second kappa shape index (κ2) is 56.0. The number of alkyl halides is 1. The number of rotatable bonds is 32. The van der Waals surface area contributed by atoms with Gasteiger partial charge in [-0.05, 0) is 196 Å². The van der Waals surface area contributed by atoms with Crippen molar-refractivity contribution in [2.45, 2.75) is 92.3 Å². The summed E-state index contributed by atoms with van der Waals surface area (Å²) in [5.41, 5.74) is 3.13. The SMILES string of the molecule is BrCC1CC1.C.C.CS(=O)(=O)Oc1ccc(C(=O)O)cc1OCC1CC1.CS(=O)(=O)Oc1ccc(C(=O)OCC(=O)OCc2ccccc2)cc1OCC1CC1.CS(=O)(=O)Oc1ccc(C=O)cc1OCC1CC1.O=C(CO)OCc1ccccc1.O=CO[O-].O=Cc1ccc(O)c(O)c1.O=Cc1ccc(O)c(OCC2CC2)c1.[H-].[K+].[K+]. The van der Waals surface area contributed by atoms with Crippen LogP contribution in [-0.2, 0) is 77.0 Å². The smallest absolute Gasteiger partial charge is 1.00 e. The van der Waals surface area contributed by atoms with Gasteiger partial charge in [0.2, 0.25) is 0 Å². The number of carbonyl (C=O) groups excluding carboxylic acids is 7. The Hall–Kier alpha value is -7.58. The maximum absolute atomic E-state index is 12.3. The van der Waals surface area contributed by atoms with Gasteiger partial charge in [-0.15, -0.1) is 0 Å². The van der Waals surface area contributed by atoms with Crippen LogP contribution >= 0.6 is 15.9 Å². The fourth-order valence-electron chi connectivity index (χ4n) is 8.25. The van der Waals surface area contributed by atoms with Crippen molar-refractivity contribution in [2.24, 2.45) is 29.6 Å². The Morgan fingerprint density at radius 3 is 1.12 bits per heavy atom. The van der Waals surface area contributed by atoms with Crippen LogP contribution in [0.4, 0.5) is 0 Å². The maximum atomic E-state index is 12.3. The summed E-state index contributed by atoms with van der Waals surface area (Å²) in [4.78, 5) is 88.0. The molecule has 5 aliphatic rings. The van der Waals surface area contributed by atoms with Gasteiger partial charge in [0.1, 0.15) is 38.7 Å². The van der Waals surface area contributed by atoms with Gasteiger partial charge >= 0.3 is 157 Å². The first kappa shape index (κ1) is 106. The number of carboxylic acid groups (broad SMARTS) is 1. The number of ether oxygens (including phenoxy) is 7. The fourth-order valence-corrected chi connectivity index (χ4v) is 10.3. The molecule has 5 aliphatic carbocycles. The first-order valence-electron chi connectivity index (χ1n) is 34.3. The molecule has 12 rings (SSSR count). The number of hydrogen-bond acceptors (Lipinski definition) is 30. The normalized spacial score (nSPS) is 13.1. The summed E-state index contributed by atoms with van der Waals surface area (Å²) in [6.07, 6.45) is 16.6. The van der Waals surface area contributed by atoms with Gasteiger partial charge in [-0.1, -0.05) is 91.4 Å². The van der Waals surface area contributed by atoms with Crippen molar-refractivity contribution >= 4 is 95.5 Å². The number of phenols is 3. The van der Waals surface area contributed by atoms with Crippen LogP contribution < -0.4 is 140 Å². The van der Waals surface area contributed by atoms with E-state index in [1.165, 1.54) is 110 Å². The van der Waals surface area contributed by atoms with Gasteiger partial charge in [-0.25, -0.2) is 19.2 Å². The maximum Gasteiger partial charge on any atom is 1.00 e. The number of esters is 3. The number of carboxylic acids is 1. The number of aromatic hydroxyl groups is 3. The second-order valence-corrected chi connectivity index (χ2v) is 30.7. The van der Waals surface area contributed by atoms with Gasteiger partial charge < -0.3 is 82.8 Å². The van der Waals surface area contributed by atoms with Gasteiger partial charge in [0, 0.05) is 22.0 Å². The molecule has 0 bridgehead atoms. The number of phenolic OH excluding ortho intramolecular Hbond substituents is 3. The number of hydrogen-bond donors (Lipinski definition) is 5. The van der Waals surface area contributed by atoms with E-state index >= 15 is 0 Å². The van der Waals surface area contributed by atoms with E-state index in [9.17, 15) is 63.9 Å². The minimum absolute atomic E-state index is 0. The summed E-state index contributed by atoms with van der Waals surface area (Å²) >= 11 is 3.38. The third-order valence-electron chi connectivity index (χ3n) is 15.0. The zero-order valence-corrected chi connectivity index (χ0v) is 73.3. The Morgan fingerprint density at radius 1 is 0.440 bits per heavy atom. The molecular weight excluding hydrogens is 1700 g/mol. The molecule has 5 N–H and O–H groups in total. The summed E-state index contributed by atoms with van der Waals surface area (Å²) in [7, 11) is -11.1. The molecule has 0 unspecified atom stereocenters. The summed E-state index contributed by atoms with van der Waals surface area (Å²) in [6.45, 7) is 0.985.